The van der Waals surface area contributed by atoms with E-state index in [1.165, 1.54) is 0 Å². The number of hydrogen-bond acceptors (Lipinski definition) is 4. The first-order chi connectivity index (χ1) is 10.1. The molecule has 0 bridgehead atoms. The fraction of sp³-hybridized carbons (Fsp3) is 0.625. The summed E-state index contributed by atoms with van der Waals surface area (Å²) in [5, 5.41) is 6.24. The summed E-state index contributed by atoms with van der Waals surface area (Å²) < 4.78 is 0. The molecular weight excluding hydrogens is 264 g/mol. The number of hydrogen-bond donors (Lipinski definition) is 2. The van der Waals surface area contributed by atoms with Gasteiger partial charge in [0.15, 0.2) is 0 Å². The molecule has 5 heteroatoms. The summed E-state index contributed by atoms with van der Waals surface area (Å²) in [5.41, 5.74) is 1.64. The van der Waals surface area contributed by atoms with Crippen LogP contribution in [0.1, 0.15) is 36.3 Å². The van der Waals surface area contributed by atoms with E-state index in [1.54, 1.807) is 0 Å². The van der Waals surface area contributed by atoms with E-state index in [2.05, 4.69) is 27.6 Å². The van der Waals surface area contributed by atoms with Gasteiger partial charge in [-0.1, -0.05) is 6.92 Å². The van der Waals surface area contributed by atoms with E-state index in [4.69, 9.17) is 0 Å². The lowest BCUT2D eigenvalue weighted by atomic mass is 10.1. The van der Waals surface area contributed by atoms with Crippen LogP contribution >= 0.6 is 0 Å². The van der Waals surface area contributed by atoms with Crippen molar-refractivity contribution in [3.63, 3.8) is 0 Å². The average Bonchev–Trinajstić information content (AvgIpc) is 2.90. The predicted octanol–water partition coefficient (Wildman–Crippen LogP) is 1.76. The number of likely N-dealkylation sites (tertiary alicyclic amines) is 1. The summed E-state index contributed by atoms with van der Waals surface area (Å²) in [5.74, 6) is 1.35. The van der Waals surface area contributed by atoms with Gasteiger partial charge in [0.2, 0.25) is 0 Å². The highest BCUT2D eigenvalue weighted by Crippen LogP contribution is 2.14. The number of anilines is 1. The minimum atomic E-state index is 0.000746. The Morgan fingerprint density at radius 2 is 2.24 bits per heavy atom. The van der Waals surface area contributed by atoms with Crippen molar-refractivity contribution in [3.05, 3.63) is 23.4 Å². The first-order valence-electron chi connectivity index (χ1n) is 7.84. The Morgan fingerprint density at radius 3 is 2.86 bits per heavy atom. The van der Waals surface area contributed by atoms with Crippen LogP contribution in [0.15, 0.2) is 12.1 Å². The van der Waals surface area contributed by atoms with Gasteiger partial charge in [0.25, 0.3) is 5.91 Å². The molecular formula is C16H26N4O. The van der Waals surface area contributed by atoms with E-state index in [-0.39, 0.29) is 5.91 Å². The minimum Gasteiger partial charge on any atom is -0.370 e. The zero-order chi connectivity index (χ0) is 15.2. The highest BCUT2D eigenvalue weighted by molar-refractivity contribution is 5.95. The SMILES string of the molecule is CCNc1cc(C(=O)NCC2CCN(C)C2)cc(CC)n1. The van der Waals surface area contributed by atoms with E-state index in [9.17, 15) is 4.79 Å². The molecule has 1 aliphatic heterocycles. The number of pyridine rings is 1. The van der Waals surface area contributed by atoms with Gasteiger partial charge in [0, 0.05) is 30.9 Å². The van der Waals surface area contributed by atoms with Crippen molar-refractivity contribution in [2.75, 3.05) is 38.5 Å². The molecule has 1 aromatic rings. The first kappa shape index (κ1) is 15.8. The molecule has 1 saturated heterocycles. The van der Waals surface area contributed by atoms with Gasteiger partial charge in [-0.15, -0.1) is 0 Å². The molecule has 21 heavy (non-hydrogen) atoms. The van der Waals surface area contributed by atoms with E-state index < -0.39 is 0 Å². The van der Waals surface area contributed by atoms with Crippen LogP contribution in [0.25, 0.3) is 0 Å². The molecule has 0 radical (unpaired) electrons. The predicted molar refractivity (Wildman–Crippen MR) is 85.7 cm³/mol. The number of nitrogens with one attached hydrogen (secondary N) is 2. The fourth-order valence-electron chi connectivity index (χ4n) is 2.70. The Bertz CT molecular complexity index is 489. The highest BCUT2D eigenvalue weighted by Gasteiger charge is 2.20. The molecule has 1 atom stereocenters. The molecule has 0 spiro atoms. The van der Waals surface area contributed by atoms with Crippen molar-refractivity contribution < 1.29 is 4.79 Å². The van der Waals surface area contributed by atoms with Gasteiger partial charge in [0.1, 0.15) is 5.82 Å². The molecule has 0 aliphatic carbocycles. The lowest BCUT2D eigenvalue weighted by molar-refractivity contribution is 0.0947. The number of nitrogens with zero attached hydrogens (tertiary/aromatic N) is 2. The summed E-state index contributed by atoms with van der Waals surface area (Å²) in [6, 6.07) is 3.72. The Balaban J connectivity index is 1.98. The molecule has 2 N–H and O–H groups in total. The molecule has 2 rings (SSSR count). The zero-order valence-corrected chi connectivity index (χ0v) is 13.3. The number of carbonyl (C=O) groups excluding carboxylic acids is 1. The Hall–Kier alpha value is -1.62. The Kier molecular flexibility index (Phi) is 5.56. The maximum absolute atomic E-state index is 12.3. The van der Waals surface area contributed by atoms with Crippen LogP contribution in [0.3, 0.4) is 0 Å². The average molecular weight is 290 g/mol. The van der Waals surface area contributed by atoms with Gasteiger partial charge in [-0.3, -0.25) is 4.79 Å². The summed E-state index contributed by atoms with van der Waals surface area (Å²) in [6.07, 6.45) is 1.99. The van der Waals surface area contributed by atoms with E-state index in [0.29, 0.717) is 11.5 Å². The van der Waals surface area contributed by atoms with Crippen LogP contribution in [0.5, 0.6) is 0 Å². The molecule has 0 aromatic carbocycles. The highest BCUT2D eigenvalue weighted by atomic mass is 16.1. The third kappa shape index (κ3) is 4.43. The number of rotatable bonds is 6. The minimum absolute atomic E-state index is 0.000746. The molecule has 5 nitrogen and oxygen atoms in total. The van der Waals surface area contributed by atoms with Crippen LogP contribution in [-0.2, 0) is 6.42 Å². The Labute approximate surface area is 127 Å². The van der Waals surface area contributed by atoms with Crippen molar-refractivity contribution in [1.29, 1.82) is 0 Å². The second-order valence-corrected chi connectivity index (χ2v) is 5.74. The molecule has 0 saturated carbocycles. The third-order valence-electron chi connectivity index (χ3n) is 3.90. The second kappa shape index (κ2) is 7.41. The van der Waals surface area contributed by atoms with Gasteiger partial charge in [0.05, 0.1) is 0 Å². The van der Waals surface area contributed by atoms with Crippen molar-refractivity contribution in [2.24, 2.45) is 5.92 Å². The lowest BCUT2D eigenvalue weighted by Gasteiger charge is -2.13. The standard InChI is InChI=1S/C16H26N4O/c1-4-14-8-13(9-15(19-14)17-5-2)16(21)18-10-12-6-7-20(3)11-12/h8-9,12H,4-7,10-11H2,1-3H3,(H,17,19)(H,18,21). The topological polar surface area (TPSA) is 57.3 Å². The van der Waals surface area contributed by atoms with Crippen LogP contribution in [0.4, 0.5) is 5.82 Å². The van der Waals surface area contributed by atoms with Gasteiger partial charge >= 0.3 is 0 Å². The maximum atomic E-state index is 12.3. The van der Waals surface area contributed by atoms with Crippen LogP contribution in [0, 0.1) is 5.92 Å². The van der Waals surface area contributed by atoms with Gasteiger partial charge in [-0.2, -0.15) is 0 Å². The molecule has 1 unspecified atom stereocenters. The molecule has 116 valence electrons. The molecule has 1 aromatic heterocycles. The summed E-state index contributed by atoms with van der Waals surface area (Å²) in [4.78, 5) is 19.1. The quantitative estimate of drug-likeness (QED) is 0.838. The van der Waals surface area contributed by atoms with E-state index in [0.717, 1.165) is 50.5 Å². The van der Waals surface area contributed by atoms with Crippen LogP contribution < -0.4 is 10.6 Å². The third-order valence-corrected chi connectivity index (χ3v) is 3.90. The van der Waals surface area contributed by atoms with Gasteiger partial charge in [-0.05, 0) is 51.4 Å². The number of amides is 1. The first-order valence-corrected chi connectivity index (χ1v) is 7.84. The summed E-state index contributed by atoms with van der Waals surface area (Å²) in [6.45, 7) is 7.82. The maximum Gasteiger partial charge on any atom is 0.251 e. The normalized spacial score (nSPS) is 18.7. The largest absolute Gasteiger partial charge is 0.370 e. The van der Waals surface area contributed by atoms with Gasteiger partial charge in [-0.25, -0.2) is 4.98 Å². The van der Waals surface area contributed by atoms with Crippen LogP contribution in [0.2, 0.25) is 0 Å². The monoisotopic (exact) mass is 290 g/mol. The van der Waals surface area contributed by atoms with Crippen molar-refractivity contribution in [3.8, 4) is 0 Å². The van der Waals surface area contributed by atoms with Crippen LogP contribution in [-0.4, -0.2) is 49.0 Å². The molecule has 1 fully saturated rings. The Morgan fingerprint density at radius 1 is 1.43 bits per heavy atom. The van der Waals surface area contributed by atoms with Crippen molar-refractivity contribution >= 4 is 11.7 Å². The second-order valence-electron chi connectivity index (χ2n) is 5.74. The number of aromatic nitrogens is 1. The molecule has 1 amide bonds. The summed E-state index contributed by atoms with van der Waals surface area (Å²) >= 11 is 0. The zero-order valence-electron chi connectivity index (χ0n) is 13.3. The smallest absolute Gasteiger partial charge is 0.251 e. The molecule has 1 aliphatic rings. The number of aryl methyl sites for hydroxylation is 1. The summed E-state index contributed by atoms with van der Waals surface area (Å²) in [7, 11) is 2.13. The van der Waals surface area contributed by atoms with Crippen molar-refractivity contribution in [2.45, 2.75) is 26.7 Å². The lowest BCUT2D eigenvalue weighted by Crippen LogP contribution is -2.30. The van der Waals surface area contributed by atoms with Gasteiger partial charge < -0.3 is 15.5 Å². The van der Waals surface area contributed by atoms with E-state index >= 15 is 0 Å². The number of carbonyl (C=O) groups is 1. The fourth-order valence-corrected chi connectivity index (χ4v) is 2.70. The van der Waals surface area contributed by atoms with Crippen molar-refractivity contribution in [1.82, 2.24) is 15.2 Å². The molecule has 2 heterocycles. The van der Waals surface area contributed by atoms with E-state index in [1.807, 2.05) is 26.0 Å².